The summed E-state index contributed by atoms with van der Waals surface area (Å²) in [6, 6.07) is 11.3. The van der Waals surface area contributed by atoms with Crippen LogP contribution in [-0.2, 0) is 0 Å². The van der Waals surface area contributed by atoms with E-state index in [2.05, 4.69) is 27.5 Å². The highest BCUT2D eigenvalue weighted by molar-refractivity contribution is 5.94. The van der Waals surface area contributed by atoms with Gasteiger partial charge in [-0.1, -0.05) is 30.0 Å². The van der Waals surface area contributed by atoms with Crippen LogP contribution in [0.3, 0.4) is 0 Å². The molecule has 5 nitrogen and oxygen atoms in total. The van der Waals surface area contributed by atoms with Crippen LogP contribution in [0.25, 0.3) is 0 Å². The monoisotopic (exact) mass is 335 g/mol. The fourth-order valence-corrected chi connectivity index (χ4v) is 2.57. The van der Waals surface area contributed by atoms with E-state index in [0.717, 1.165) is 18.5 Å². The van der Waals surface area contributed by atoms with Crippen molar-refractivity contribution in [1.82, 2.24) is 15.6 Å². The molecule has 1 aliphatic heterocycles. The molecule has 1 aliphatic rings. The Morgan fingerprint density at radius 3 is 3.00 bits per heavy atom. The molecule has 3 rings (SSSR count). The molecule has 0 saturated carbocycles. The number of ether oxygens (including phenoxy) is 1. The van der Waals surface area contributed by atoms with Gasteiger partial charge in [0.15, 0.2) is 0 Å². The van der Waals surface area contributed by atoms with E-state index in [1.807, 2.05) is 24.3 Å². The van der Waals surface area contributed by atoms with Gasteiger partial charge >= 0.3 is 0 Å². The van der Waals surface area contributed by atoms with Crippen molar-refractivity contribution in [2.45, 2.75) is 18.9 Å². The number of pyridine rings is 1. The second kappa shape index (κ2) is 8.86. The fourth-order valence-electron chi connectivity index (χ4n) is 2.57. The summed E-state index contributed by atoms with van der Waals surface area (Å²) in [4.78, 5) is 16.1. The lowest BCUT2D eigenvalue weighted by molar-refractivity contribution is 0.0947. The van der Waals surface area contributed by atoms with Gasteiger partial charge in [-0.05, 0) is 37.6 Å². The molecule has 128 valence electrons. The number of benzene rings is 1. The highest BCUT2D eigenvalue weighted by atomic mass is 16.5. The van der Waals surface area contributed by atoms with Crippen LogP contribution >= 0.6 is 0 Å². The average Bonchev–Trinajstić information content (AvgIpc) is 3.18. The van der Waals surface area contributed by atoms with E-state index in [-0.39, 0.29) is 11.9 Å². The Morgan fingerprint density at radius 2 is 2.20 bits per heavy atom. The summed E-state index contributed by atoms with van der Waals surface area (Å²) in [6.45, 7) is 1.84. The highest BCUT2D eigenvalue weighted by Gasteiger charge is 2.10. The quantitative estimate of drug-likeness (QED) is 0.648. The minimum absolute atomic E-state index is 0.106. The summed E-state index contributed by atoms with van der Waals surface area (Å²) in [7, 11) is 0. The lowest BCUT2D eigenvalue weighted by atomic mass is 10.2. The third kappa shape index (κ3) is 5.33. The molecule has 0 bridgehead atoms. The van der Waals surface area contributed by atoms with E-state index in [1.54, 1.807) is 24.5 Å². The van der Waals surface area contributed by atoms with E-state index < -0.39 is 0 Å². The van der Waals surface area contributed by atoms with Crippen LogP contribution in [0.15, 0.2) is 48.8 Å². The molecule has 1 aromatic carbocycles. The van der Waals surface area contributed by atoms with Crippen LogP contribution in [0.2, 0.25) is 0 Å². The van der Waals surface area contributed by atoms with Crippen molar-refractivity contribution in [2.75, 3.05) is 19.7 Å². The first-order chi connectivity index (χ1) is 12.3. The first-order valence-electron chi connectivity index (χ1n) is 8.47. The third-order valence-electron chi connectivity index (χ3n) is 3.86. The van der Waals surface area contributed by atoms with Crippen molar-refractivity contribution in [3.05, 3.63) is 59.9 Å². The second-order valence-corrected chi connectivity index (χ2v) is 5.80. The van der Waals surface area contributed by atoms with Crippen LogP contribution in [0.1, 0.15) is 28.8 Å². The van der Waals surface area contributed by atoms with Crippen molar-refractivity contribution in [1.29, 1.82) is 0 Å². The third-order valence-corrected chi connectivity index (χ3v) is 3.86. The summed E-state index contributed by atoms with van der Waals surface area (Å²) in [5.74, 6) is 6.89. The fraction of sp³-hybridized carbons (Fsp3) is 0.300. The lowest BCUT2D eigenvalue weighted by Gasteiger charge is -2.08. The summed E-state index contributed by atoms with van der Waals surface area (Å²) in [5.41, 5.74) is 1.47. The van der Waals surface area contributed by atoms with Gasteiger partial charge in [-0.15, -0.1) is 0 Å². The zero-order chi connectivity index (χ0) is 17.3. The minimum Gasteiger partial charge on any atom is -0.490 e. The number of amides is 1. The van der Waals surface area contributed by atoms with E-state index in [0.29, 0.717) is 24.5 Å². The molecule has 0 aliphatic carbocycles. The van der Waals surface area contributed by atoms with Gasteiger partial charge in [0.05, 0.1) is 18.8 Å². The van der Waals surface area contributed by atoms with Crippen LogP contribution in [-0.4, -0.2) is 36.6 Å². The summed E-state index contributed by atoms with van der Waals surface area (Å²) in [6.07, 6.45) is 5.65. The van der Waals surface area contributed by atoms with Crippen molar-refractivity contribution in [2.24, 2.45) is 0 Å². The number of aromatic nitrogens is 1. The molecule has 1 atom stereocenters. The maximum absolute atomic E-state index is 11.9. The molecule has 0 spiro atoms. The van der Waals surface area contributed by atoms with Crippen LogP contribution < -0.4 is 15.4 Å². The van der Waals surface area contributed by atoms with Crippen molar-refractivity contribution >= 4 is 5.91 Å². The average molecular weight is 335 g/mol. The number of rotatable bonds is 5. The maximum Gasteiger partial charge on any atom is 0.251 e. The SMILES string of the molecule is O=C(NCCOc1cncc(C#CC2CCCN2)c1)c1ccccc1. The van der Waals surface area contributed by atoms with E-state index in [4.69, 9.17) is 4.74 Å². The molecule has 25 heavy (non-hydrogen) atoms. The first-order valence-corrected chi connectivity index (χ1v) is 8.47. The van der Waals surface area contributed by atoms with Crippen molar-refractivity contribution in [3.8, 4) is 17.6 Å². The van der Waals surface area contributed by atoms with E-state index in [9.17, 15) is 4.79 Å². The Hall–Kier alpha value is -2.84. The summed E-state index contributed by atoms with van der Waals surface area (Å²) < 4.78 is 5.64. The second-order valence-electron chi connectivity index (χ2n) is 5.80. The topological polar surface area (TPSA) is 63.2 Å². The predicted octanol–water partition coefficient (Wildman–Crippen LogP) is 1.99. The molecule has 1 saturated heterocycles. The molecule has 2 N–H and O–H groups in total. The number of hydrogen-bond donors (Lipinski definition) is 2. The molecular formula is C20H21N3O2. The Labute approximate surface area is 147 Å². The van der Waals surface area contributed by atoms with Gasteiger partial charge in [0.1, 0.15) is 12.4 Å². The molecule has 5 heteroatoms. The summed E-state index contributed by atoms with van der Waals surface area (Å²) in [5, 5.41) is 6.17. The molecular weight excluding hydrogens is 314 g/mol. The van der Waals surface area contributed by atoms with Crippen LogP contribution in [0.4, 0.5) is 0 Å². The highest BCUT2D eigenvalue weighted by Crippen LogP contribution is 2.11. The van der Waals surface area contributed by atoms with Gasteiger partial charge in [0.2, 0.25) is 0 Å². The normalized spacial score (nSPS) is 15.9. The smallest absolute Gasteiger partial charge is 0.251 e. The minimum atomic E-state index is -0.106. The molecule has 1 unspecified atom stereocenters. The Bertz CT molecular complexity index is 759. The van der Waals surface area contributed by atoms with Crippen molar-refractivity contribution in [3.63, 3.8) is 0 Å². The van der Waals surface area contributed by atoms with E-state index >= 15 is 0 Å². The molecule has 0 radical (unpaired) electrons. The number of nitrogens with zero attached hydrogens (tertiary/aromatic N) is 1. The molecule has 2 aromatic rings. The number of hydrogen-bond acceptors (Lipinski definition) is 4. The largest absolute Gasteiger partial charge is 0.490 e. The zero-order valence-electron chi connectivity index (χ0n) is 14.0. The lowest BCUT2D eigenvalue weighted by Crippen LogP contribution is -2.28. The predicted molar refractivity (Wildman–Crippen MR) is 96.4 cm³/mol. The van der Waals surface area contributed by atoms with Crippen molar-refractivity contribution < 1.29 is 9.53 Å². The molecule has 2 heterocycles. The van der Waals surface area contributed by atoms with Gasteiger partial charge in [0.25, 0.3) is 5.91 Å². The molecule has 1 fully saturated rings. The number of nitrogens with one attached hydrogen (secondary N) is 2. The number of carbonyl (C=O) groups excluding carboxylic acids is 1. The Morgan fingerprint density at radius 1 is 1.32 bits per heavy atom. The van der Waals surface area contributed by atoms with Gasteiger partial charge in [-0.2, -0.15) is 0 Å². The van der Waals surface area contributed by atoms with Gasteiger partial charge in [0, 0.05) is 17.3 Å². The van der Waals surface area contributed by atoms with Gasteiger partial charge in [-0.3, -0.25) is 9.78 Å². The number of carbonyl (C=O) groups is 1. The van der Waals surface area contributed by atoms with E-state index in [1.165, 1.54) is 6.42 Å². The van der Waals surface area contributed by atoms with Gasteiger partial charge in [-0.25, -0.2) is 0 Å². The standard InChI is InChI=1S/C20H21N3O2/c24-20(17-5-2-1-3-6-17)23-11-12-25-19-13-16(14-21-15-19)8-9-18-7-4-10-22-18/h1-3,5-6,13-15,18,22H,4,7,10-12H2,(H,23,24). The maximum atomic E-state index is 11.9. The Kier molecular flexibility index (Phi) is 6.02. The van der Waals surface area contributed by atoms with Crippen LogP contribution in [0, 0.1) is 11.8 Å². The van der Waals surface area contributed by atoms with Gasteiger partial charge < -0.3 is 15.4 Å². The molecule has 1 aromatic heterocycles. The molecule has 1 amide bonds. The Balaban J connectivity index is 1.45. The first kappa shape index (κ1) is 17.0. The summed E-state index contributed by atoms with van der Waals surface area (Å²) >= 11 is 0. The zero-order valence-corrected chi connectivity index (χ0v) is 14.0. The van der Waals surface area contributed by atoms with Crippen LogP contribution in [0.5, 0.6) is 5.75 Å².